The van der Waals surface area contributed by atoms with Gasteiger partial charge >= 0.3 is 0 Å². The molecule has 0 aliphatic rings. The highest BCUT2D eigenvalue weighted by Crippen LogP contribution is 2.21. The molecule has 8 heteroatoms. The van der Waals surface area contributed by atoms with Gasteiger partial charge in [0.25, 0.3) is 5.91 Å². The molecule has 0 unspecified atom stereocenters. The number of carbonyl (C=O) groups is 2. The minimum absolute atomic E-state index is 0.0865. The van der Waals surface area contributed by atoms with Gasteiger partial charge in [-0.2, -0.15) is 5.10 Å². The first-order valence-electron chi connectivity index (χ1n) is 8.98. The predicted molar refractivity (Wildman–Crippen MR) is 115 cm³/mol. The Kier molecular flexibility index (Phi) is 8.67. The normalized spacial score (nSPS) is 11.0. The third-order valence-electron chi connectivity index (χ3n) is 3.94. The van der Waals surface area contributed by atoms with Gasteiger partial charge in [0.2, 0.25) is 5.91 Å². The molecule has 0 fully saturated rings. The molecular formula is C21H24BrN3O4. The zero-order valence-corrected chi connectivity index (χ0v) is 18.2. The molecule has 0 aromatic heterocycles. The lowest BCUT2D eigenvalue weighted by molar-refractivity contribution is -0.123. The summed E-state index contributed by atoms with van der Waals surface area (Å²) in [4.78, 5) is 23.9. The number of halogens is 1. The Hall–Kier alpha value is -2.87. The summed E-state index contributed by atoms with van der Waals surface area (Å²) in [5.74, 6) is 0.777. The van der Waals surface area contributed by atoms with Crippen LogP contribution in [-0.2, 0) is 16.1 Å². The molecule has 0 atom stereocenters. The van der Waals surface area contributed by atoms with Crippen molar-refractivity contribution in [2.45, 2.75) is 26.8 Å². The van der Waals surface area contributed by atoms with Gasteiger partial charge in [0.15, 0.2) is 6.61 Å². The van der Waals surface area contributed by atoms with Crippen LogP contribution in [0.5, 0.6) is 11.5 Å². The van der Waals surface area contributed by atoms with E-state index in [2.05, 4.69) is 31.8 Å². The maximum absolute atomic E-state index is 12.0. The summed E-state index contributed by atoms with van der Waals surface area (Å²) in [6.45, 7) is 3.85. The van der Waals surface area contributed by atoms with E-state index >= 15 is 0 Å². The van der Waals surface area contributed by atoms with Crippen molar-refractivity contribution in [2.24, 2.45) is 5.10 Å². The lowest BCUT2D eigenvalue weighted by atomic mass is 10.2. The third kappa shape index (κ3) is 7.95. The Bertz CT molecular complexity index is 882. The van der Waals surface area contributed by atoms with Crippen molar-refractivity contribution in [2.75, 3.05) is 13.7 Å². The standard InChI is InChI=1S/C21H24BrN3O4/c1-14-10-18(8-9-19(14)22)29-13-21(27)25-24-15(2)11-20(26)23-12-16-4-6-17(28-3)7-5-16/h4-10H,11-13H2,1-3H3,(H,23,26)(H,25,27). The van der Waals surface area contributed by atoms with Crippen molar-refractivity contribution >= 4 is 33.5 Å². The summed E-state index contributed by atoms with van der Waals surface area (Å²) in [5.41, 5.74) is 4.85. The molecular weight excluding hydrogens is 438 g/mol. The minimum Gasteiger partial charge on any atom is -0.497 e. The van der Waals surface area contributed by atoms with Crippen molar-refractivity contribution < 1.29 is 19.1 Å². The molecule has 2 rings (SSSR count). The number of hydrogen-bond donors (Lipinski definition) is 2. The van der Waals surface area contributed by atoms with Crippen LogP contribution in [0.4, 0.5) is 0 Å². The number of hydrogen-bond acceptors (Lipinski definition) is 5. The fourth-order valence-corrected chi connectivity index (χ4v) is 2.57. The van der Waals surface area contributed by atoms with Gasteiger partial charge in [0, 0.05) is 16.7 Å². The lowest BCUT2D eigenvalue weighted by Gasteiger charge is -2.08. The van der Waals surface area contributed by atoms with Gasteiger partial charge in [-0.1, -0.05) is 28.1 Å². The number of nitrogens with one attached hydrogen (secondary N) is 2. The minimum atomic E-state index is -0.399. The summed E-state index contributed by atoms with van der Waals surface area (Å²) in [5, 5.41) is 6.75. The zero-order chi connectivity index (χ0) is 21.2. The highest BCUT2D eigenvalue weighted by Gasteiger charge is 2.06. The number of aryl methyl sites for hydroxylation is 1. The maximum atomic E-state index is 12.0. The molecule has 0 spiro atoms. The van der Waals surface area contributed by atoms with E-state index in [1.807, 2.05) is 43.3 Å². The molecule has 0 heterocycles. The van der Waals surface area contributed by atoms with Gasteiger partial charge < -0.3 is 14.8 Å². The number of ether oxygens (including phenoxy) is 2. The van der Waals surface area contributed by atoms with Gasteiger partial charge in [-0.3, -0.25) is 9.59 Å². The summed E-state index contributed by atoms with van der Waals surface area (Å²) < 4.78 is 11.5. The van der Waals surface area contributed by atoms with Crippen molar-refractivity contribution in [1.82, 2.24) is 10.7 Å². The second kappa shape index (κ2) is 11.2. The van der Waals surface area contributed by atoms with Crippen LogP contribution < -0.4 is 20.2 Å². The average Bonchev–Trinajstić information content (AvgIpc) is 2.72. The van der Waals surface area contributed by atoms with Crippen LogP contribution in [0.25, 0.3) is 0 Å². The van der Waals surface area contributed by atoms with Crippen LogP contribution in [0, 0.1) is 6.92 Å². The van der Waals surface area contributed by atoms with Crippen LogP contribution in [0.15, 0.2) is 52.0 Å². The second-order valence-corrected chi connectivity index (χ2v) is 7.24. The van der Waals surface area contributed by atoms with Gasteiger partial charge in [-0.25, -0.2) is 5.43 Å². The number of benzene rings is 2. The Morgan fingerprint density at radius 2 is 1.76 bits per heavy atom. The van der Waals surface area contributed by atoms with Crippen LogP contribution in [0.2, 0.25) is 0 Å². The fraction of sp³-hybridized carbons (Fsp3) is 0.286. The Morgan fingerprint density at radius 3 is 2.41 bits per heavy atom. The molecule has 29 heavy (non-hydrogen) atoms. The molecule has 2 amide bonds. The number of rotatable bonds is 9. The number of hydrazone groups is 1. The lowest BCUT2D eigenvalue weighted by Crippen LogP contribution is -2.28. The van der Waals surface area contributed by atoms with Crippen LogP contribution in [0.3, 0.4) is 0 Å². The average molecular weight is 462 g/mol. The number of carbonyl (C=O) groups excluding carboxylic acids is 2. The van der Waals surface area contributed by atoms with Gasteiger partial charge in [0.1, 0.15) is 11.5 Å². The fourth-order valence-electron chi connectivity index (χ4n) is 2.32. The Labute approximate surface area is 178 Å². The van der Waals surface area contributed by atoms with E-state index in [9.17, 15) is 9.59 Å². The third-order valence-corrected chi connectivity index (χ3v) is 4.83. The topological polar surface area (TPSA) is 89.0 Å². The van der Waals surface area contributed by atoms with Crippen LogP contribution in [0.1, 0.15) is 24.5 Å². The van der Waals surface area contributed by atoms with Gasteiger partial charge in [0.05, 0.1) is 13.5 Å². The largest absolute Gasteiger partial charge is 0.497 e. The van der Waals surface area contributed by atoms with Crippen LogP contribution in [-0.4, -0.2) is 31.2 Å². The molecule has 2 aromatic carbocycles. The predicted octanol–water partition coefficient (Wildman–Crippen LogP) is 3.34. The SMILES string of the molecule is COc1ccc(CNC(=O)CC(C)=NNC(=O)COc2ccc(Br)c(C)c2)cc1. The van der Waals surface area contributed by atoms with E-state index in [0.29, 0.717) is 18.0 Å². The molecule has 0 radical (unpaired) electrons. The van der Waals surface area contributed by atoms with E-state index in [-0.39, 0.29) is 18.9 Å². The molecule has 0 aliphatic carbocycles. The van der Waals surface area contributed by atoms with Crippen molar-refractivity contribution in [1.29, 1.82) is 0 Å². The van der Waals surface area contributed by atoms with Crippen LogP contribution >= 0.6 is 15.9 Å². The summed E-state index contributed by atoms with van der Waals surface area (Å²) in [6, 6.07) is 12.9. The smallest absolute Gasteiger partial charge is 0.277 e. The zero-order valence-electron chi connectivity index (χ0n) is 16.6. The first kappa shape index (κ1) is 22.4. The molecule has 154 valence electrons. The van der Waals surface area contributed by atoms with E-state index in [0.717, 1.165) is 21.3 Å². The highest BCUT2D eigenvalue weighted by molar-refractivity contribution is 9.10. The van der Waals surface area contributed by atoms with E-state index < -0.39 is 5.91 Å². The number of nitrogens with zero attached hydrogens (tertiary/aromatic N) is 1. The maximum Gasteiger partial charge on any atom is 0.277 e. The molecule has 0 aliphatic heterocycles. The van der Waals surface area contributed by atoms with Crippen molar-refractivity contribution in [3.8, 4) is 11.5 Å². The van der Waals surface area contributed by atoms with Gasteiger partial charge in [-0.15, -0.1) is 0 Å². The van der Waals surface area contributed by atoms with Gasteiger partial charge in [-0.05, 0) is 55.3 Å². The van der Waals surface area contributed by atoms with Crippen molar-refractivity contribution in [3.63, 3.8) is 0 Å². The summed E-state index contributed by atoms with van der Waals surface area (Å²) in [7, 11) is 1.60. The monoisotopic (exact) mass is 461 g/mol. The molecule has 2 N–H and O–H groups in total. The van der Waals surface area contributed by atoms with Crippen molar-refractivity contribution in [3.05, 3.63) is 58.1 Å². The molecule has 0 saturated carbocycles. The molecule has 0 saturated heterocycles. The van der Waals surface area contributed by atoms with E-state index in [4.69, 9.17) is 9.47 Å². The Balaban J connectivity index is 1.71. The summed E-state index contributed by atoms with van der Waals surface area (Å²) in [6.07, 6.45) is 0.0865. The number of methoxy groups -OCH3 is 1. The Morgan fingerprint density at radius 1 is 1.07 bits per heavy atom. The number of amides is 2. The first-order valence-corrected chi connectivity index (χ1v) is 9.77. The highest BCUT2D eigenvalue weighted by atomic mass is 79.9. The van der Waals surface area contributed by atoms with E-state index in [1.54, 1.807) is 20.1 Å². The molecule has 7 nitrogen and oxygen atoms in total. The quantitative estimate of drug-likeness (QED) is 0.442. The molecule has 0 bridgehead atoms. The first-order chi connectivity index (χ1) is 13.9. The van der Waals surface area contributed by atoms with E-state index in [1.165, 1.54) is 0 Å². The molecule has 2 aromatic rings. The second-order valence-electron chi connectivity index (χ2n) is 6.38. The summed E-state index contributed by atoms with van der Waals surface area (Å²) >= 11 is 3.41.